The highest BCUT2D eigenvalue weighted by Gasteiger charge is 2.15. The minimum Gasteiger partial charge on any atom is -0.372 e. The maximum Gasteiger partial charge on any atom is 0.258 e. The van der Waals surface area contributed by atoms with Gasteiger partial charge in [-0.3, -0.25) is 10.1 Å². The molecule has 1 aliphatic rings. The molecular formula is C13H10ClN3O2. The molecule has 5 nitrogen and oxygen atoms in total. The van der Waals surface area contributed by atoms with Crippen molar-refractivity contribution in [3.8, 4) is 0 Å². The first-order chi connectivity index (χ1) is 9.22. The minimum atomic E-state index is -0.267. The van der Waals surface area contributed by atoms with E-state index in [2.05, 4.69) is 15.3 Å². The molecule has 0 radical (unpaired) electrons. The molecule has 0 spiro atoms. The lowest BCUT2D eigenvalue weighted by atomic mass is 10.1. The number of hydrogen-bond acceptors (Lipinski definition) is 4. The van der Waals surface area contributed by atoms with E-state index in [4.69, 9.17) is 16.3 Å². The maximum atomic E-state index is 12.1. The largest absolute Gasteiger partial charge is 0.372 e. The molecule has 2 aromatic rings. The lowest BCUT2D eigenvalue weighted by Crippen LogP contribution is -2.14. The Morgan fingerprint density at radius 1 is 1.26 bits per heavy atom. The Labute approximate surface area is 114 Å². The van der Waals surface area contributed by atoms with Crippen molar-refractivity contribution in [1.82, 2.24) is 9.97 Å². The molecule has 1 aromatic heterocycles. The van der Waals surface area contributed by atoms with Gasteiger partial charge in [0, 0.05) is 11.8 Å². The third-order valence-corrected chi connectivity index (χ3v) is 3.04. The average molecular weight is 276 g/mol. The summed E-state index contributed by atoms with van der Waals surface area (Å²) < 4.78 is 5.31. The predicted octanol–water partition coefficient (Wildman–Crippen LogP) is 2.41. The first-order valence-corrected chi connectivity index (χ1v) is 6.09. The van der Waals surface area contributed by atoms with Crippen LogP contribution in [0.3, 0.4) is 0 Å². The summed E-state index contributed by atoms with van der Waals surface area (Å²) in [6.07, 6.45) is 1.49. The zero-order valence-electron chi connectivity index (χ0n) is 9.89. The molecule has 1 N–H and O–H groups in total. The Kier molecular flexibility index (Phi) is 3.15. The van der Waals surface area contributed by atoms with Crippen LogP contribution < -0.4 is 5.32 Å². The highest BCUT2D eigenvalue weighted by molar-refractivity contribution is 6.29. The standard InChI is InChI=1S/C13H10ClN3O2/c14-11-3-4-15-13(16-11)17-12(18)8-1-2-9-6-19-7-10(9)5-8/h1-5H,6-7H2,(H,15,16,17,18). The molecule has 0 fully saturated rings. The van der Waals surface area contributed by atoms with E-state index in [1.807, 2.05) is 12.1 Å². The van der Waals surface area contributed by atoms with Crippen molar-refractivity contribution in [3.63, 3.8) is 0 Å². The van der Waals surface area contributed by atoms with Crippen LogP contribution in [0.15, 0.2) is 30.5 Å². The van der Waals surface area contributed by atoms with Crippen LogP contribution in [0.5, 0.6) is 0 Å². The topological polar surface area (TPSA) is 64.1 Å². The van der Waals surface area contributed by atoms with Gasteiger partial charge < -0.3 is 4.74 Å². The molecule has 1 aromatic carbocycles. The predicted molar refractivity (Wildman–Crippen MR) is 69.9 cm³/mol. The minimum absolute atomic E-state index is 0.189. The molecule has 0 aliphatic carbocycles. The van der Waals surface area contributed by atoms with E-state index < -0.39 is 0 Å². The van der Waals surface area contributed by atoms with Gasteiger partial charge >= 0.3 is 0 Å². The van der Waals surface area contributed by atoms with Gasteiger partial charge in [-0.2, -0.15) is 0 Å². The molecule has 6 heteroatoms. The molecule has 1 aliphatic heterocycles. The van der Waals surface area contributed by atoms with Crippen molar-refractivity contribution in [2.24, 2.45) is 0 Å². The van der Waals surface area contributed by atoms with Gasteiger partial charge in [0.2, 0.25) is 5.95 Å². The van der Waals surface area contributed by atoms with Crippen molar-refractivity contribution in [2.75, 3.05) is 5.32 Å². The molecule has 0 unspecified atom stereocenters. The number of fused-ring (bicyclic) bond motifs is 1. The Morgan fingerprint density at radius 3 is 2.95 bits per heavy atom. The van der Waals surface area contributed by atoms with Crippen molar-refractivity contribution in [2.45, 2.75) is 13.2 Å². The number of anilines is 1. The SMILES string of the molecule is O=C(Nc1nccc(Cl)n1)c1ccc2c(c1)COC2. The summed E-state index contributed by atoms with van der Waals surface area (Å²) >= 11 is 5.73. The van der Waals surface area contributed by atoms with Crippen LogP contribution in [-0.4, -0.2) is 15.9 Å². The van der Waals surface area contributed by atoms with Gasteiger partial charge in [0.15, 0.2) is 0 Å². The Hall–Kier alpha value is -1.98. The molecular weight excluding hydrogens is 266 g/mol. The van der Waals surface area contributed by atoms with Crippen LogP contribution in [0.25, 0.3) is 0 Å². The summed E-state index contributed by atoms with van der Waals surface area (Å²) in [4.78, 5) is 19.9. The van der Waals surface area contributed by atoms with Crippen LogP contribution in [0.1, 0.15) is 21.5 Å². The van der Waals surface area contributed by atoms with Crippen LogP contribution in [0.2, 0.25) is 5.15 Å². The second kappa shape index (κ2) is 4.95. The quantitative estimate of drug-likeness (QED) is 0.855. The Bertz CT molecular complexity index is 646. The zero-order valence-corrected chi connectivity index (χ0v) is 10.6. The fourth-order valence-corrected chi connectivity index (χ4v) is 2.02. The number of rotatable bonds is 2. The lowest BCUT2D eigenvalue weighted by Gasteiger charge is -2.05. The van der Waals surface area contributed by atoms with Gasteiger partial charge in [-0.15, -0.1) is 0 Å². The monoisotopic (exact) mass is 275 g/mol. The fourth-order valence-electron chi connectivity index (χ4n) is 1.88. The number of nitrogens with one attached hydrogen (secondary N) is 1. The number of ether oxygens (including phenoxy) is 1. The zero-order chi connectivity index (χ0) is 13.2. The summed E-state index contributed by atoms with van der Waals surface area (Å²) in [7, 11) is 0. The molecule has 19 heavy (non-hydrogen) atoms. The summed E-state index contributed by atoms with van der Waals surface area (Å²) in [5.74, 6) is -0.0776. The van der Waals surface area contributed by atoms with E-state index in [1.54, 1.807) is 12.1 Å². The summed E-state index contributed by atoms with van der Waals surface area (Å²) in [6.45, 7) is 1.15. The number of halogens is 1. The van der Waals surface area contributed by atoms with Crippen molar-refractivity contribution in [1.29, 1.82) is 0 Å². The van der Waals surface area contributed by atoms with E-state index in [0.717, 1.165) is 11.1 Å². The van der Waals surface area contributed by atoms with E-state index >= 15 is 0 Å². The van der Waals surface area contributed by atoms with Crippen molar-refractivity contribution < 1.29 is 9.53 Å². The van der Waals surface area contributed by atoms with Crippen LogP contribution in [-0.2, 0) is 18.0 Å². The molecule has 1 amide bonds. The fraction of sp³-hybridized carbons (Fsp3) is 0.154. The average Bonchev–Trinajstić information content (AvgIpc) is 2.85. The number of aromatic nitrogens is 2. The highest BCUT2D eigenvalue weighted by atomic mass is 35.5. The summed E-state index contributed by atoms with van der Waals surface area (Å²) in [6, 6.07) is 7.02. The van der Waals surface area contributed by atoms with Gasteiger partial charge in [-0.1, -0.05) is 17.7 Å². The molecule has 0 bridgehead atoms. The number of nitrogens with zero attached hydrogens (tertiary/aromatic N) is 2. The number of hydrogen-bond donors (Lipinski definition) is 1. The lowest BCUT2D eigenvalue weighted by molar-refractivity contribution is 0.102. The summed E-state index contributed by atoms with van der Waals surface area (Å²) in [5.41, 5.74) is 2.71. The van der Waals surface area contributed by atoms with Gasteiger partial charge in [0.05, 0.1) is 13.2 Å². The van der Waals surface area contributed by atoms with Crippen molar-refractivity contribution in [3.05, 3.63) is 52.3 Å². The molecule has 2 heterocycles. The highest BCUT2D eigenvalue weighted by Crippen LogP contribution is 2.21. The first kappa shape index (κ1) is 12.1. The second-order valence-corrected chi connectivity index (χ2v) is 4.52. The van der Waals surface area contributed by atoms with E-state index in [0.29, 0.717) is 18.8 Å². The van der Waals surface area contributed by atoms with Crippen LogP contribution in [0, 0.1) is 0 Å². The molecule has 3 rings (SSSR count). The number of amides is 1. The van der Waals surface area contributed by atoms with Gasteiger partial charge in [-0.25, -0.2) is 9.97 Å². The third-order valence-electron chi connectivity index (χ3n) is 2.83. The van der Waals surface area contributed by atoms with Gasteiger partial charge in [-0.05, 0) is 29.3 Å². The second-order valence-electron chi connectivity index (χ2n) is 4.13. The van der Waals surface area contributed by atoms with Gasteiger partial charge in [0.1, 0.15) is 5.15 Å². The van der Waals surface area contributed by atoms with Crippen molar-refractivity contribution >= 4 is 23.5 Å². The molecule has 96 valence electrons. The number of carbonyl (C=O) groups is 1. The van der Waals surface area contributed by atoms with Crippen LogP contribution in [0.4, 0.5) is 5.95 Å². The number of carbonyl (C=O) groups excluding carboxylic acids is 1. The third kappa shape index (κ3) is 2.57. The van der Waals surface area contributed by atoms with E-state index in [1.165, 1.54) is 6.20 Å². The maximum absolute atomic E-state index is 12.1. The van der Waals surface area contributed by atoms with Crippen LogP contribution >= 0.6 is 11.6 Å². The Morgan fingerprint density at radius 2 is 2.11 bits per heavy atom. The number of benzene rings is 1. The Balaban J connectivity index is 1.81. The molecule has 0 saturated heterocycles. The molecule has 0 atom stereocenters. The van der Waals surface area contributed by atoms with E-state index in [-0.39, 0.29) is 17.0 Å². The van der Waals surface area contributed by atoms with Gasteiger partial charge in [0.25, 0.3) is 5.91 Å². The molecule has 0 saturated carbocycles. The van der Waals surface area contributed by atoms with E-state index in [9.17, 15) is 4.79 Å². The smallest absolute Gasteiger partial charge is 0.258 e. The summed E-state index contributed by atoms with van der Waals surface area (Å²) in [5, 5.41) is 2.89. The normalized spacial score (nSPS) is 13.1. The first-order valence-electron chi connectivity index (χ1n) is 5.72.